The number of thiazole rings is 1. The molecule has 0 bridgehead atoms. The fraction of sp³-hybridized carbons (Fsp3) is 0.316. The molecule has 1 fully saturated rings. The molecule has 0 N–H and O–H groups in total. The maximum absolute atomic E-state index is 5.21. The number of ether oxygens (including phenoxy) is 1. The van der Waals surface area contributed by atoms with Gasteiger partial charge in [-0.15, -0.1) is 28.1 Å². The second-order valence-corrected chi connectivity index (χ2v) is 7.98. The first-order valence-electron chi connectivity index (χ1n) is 8.54. The zero-order chi connectivity index (χ0) is 17.9. The van der Waals surface area contributed by atoms with Gasteiger partial charge in [0, 0.05) is 29.2 Å². The van der Waals surface area contributed by atoms with Crippen molar-refractivity contribution in [2.24, 2.45) is 0 Å². The summed E-state index contributed by atoms with van der Waals surface area (Å²) in [5.74, 6) is 3.32. The third kappa shape index (κ3) is 3.68. The minimum absolute atomic E-state index is 0.581. The summed E-state index contributed by atoms with van der Waals surface area (Å²) in [4.78, 5) is 4.76. The number of aromatic nitrogens is 4. The molecule has 0 unspecified atom stereocenters. The van der Waals surface area contributed by atoms with Gasteiger partial charge in [-0.3, -0.25) is 0 Å². The van der Waals surface area contributed by atoms with E-state index in [4.69, 9.17) is 9.72 Å². The molecule has 0 aliphatic heterocycles. The van der Waals surface area contributed by atoms with Gasteiger partial charge in [-0.25, -0.2) is 4.98 Å². The molecule has 0 radical (unpaired) electrons. The highest BCUT2D eigenvalue weighted by Gasteiger charge is 2.30. The molecule has 1 aromatic carbocycles. The summed E-state index contributed by atoms with van der Waals surface area (Å²) in [5.41, 5.74) is 2.17. The Labute approximate surface area is 161 Å². The van der Waals surface area contributed by atoms with Crippen LogP contribution in [-0.2, 0) is 12.3 Å². The van der Waals surface area contributed by atoms with Gasteiger partial charge in [-0.1, -0.05) is 17.8 Å². The Bertz CT molecular complexity index is 897. The van der Waals surface area contributed by atoms with E-state index >= 15 is 0 Å². The first kappa shape index (κ1) is 17.3. The van der Waals surface area contributed by atoms with Crippen LogP contribution in [-0.4, -0.2) is 26.9 Å². The number of methoxy groups -OCH3 is 1. The van der Waals surface area contributed by atoms with Gasteiger partial charge < -0.3 is 9.30 Å². The Kier molecular flexibility index (Phi) is 5.08. The molecule has 3 aromatic rings. The molecule has 1 saturated carbocycles. The first-order valence-corrected chi connectivity index (χ1v) is 10.4. The van der Waals surface area contributed by atoms with Crippen LogP contribution in [0.5, 0.6) is 5.75 Å². The molecule has 4 rings (SSSR count). The zero-order valence-electron chi connectivity index (χ0n) is 14.6. The van der Waals surface area contributed by atoms with Crippen LogP contribution < -0.4 is 4.74 Å². The number of hydrogen-bond donors (Lipinski definition) is 0. The van der Waals surface area contributed by atoms with Crippen molar-refractivity contribution in [3.63, 3.8) is 0 Å². The Morgan fingerprint density at radius 2 is 2.12 bits per heavy atom. The molecular formula is C19H20N4OS2. The van der Waals surface area contributed by atoms with E-state index in [1.54, 1.807) is 30.2 Å². The van der Waals surface area contributed by atoms with E-state index in [0.29, 0.717) is 5.92 Å². The van der Waals surface area contributed by atoms with E-state index in [9.17, 15) is 0 Å². The topological polar surface area (TPSA) is 52.8 Å². The lowest BCUT2D eigenvalue weighted by Gasteiger charge is -2.06. The highest BCUT2D eigenvalue weighted by molar-refractivity contribution is 7.98. The summed E-state index contributed by atoms with van der Waals surface area (Å²) >= 11 is 3.35. The van der Waals surface area contributed by atoms with Crippen LogP contribution >= 0.6 is 23.1 Å². The minimum atomic E-state index is 0.581. The lowest BCUT2D eigenvalue weighted by Crippen LogP contribution is -2.02. The summed E-state index contributed by atoms with van der Waals surface area (Å²) in [6.45, 7) is 4.62. The first-order chi connectivity index (χ1) is 12.8. The molecule has 2 heterocycles. The highest BCUT2D eigenvalue weighted by Crippen LogP contribution is 2.40. The Hall–Kier alpha value is -2.12. The molecule has 0 saturated heterocycles. The van der Waals surface area contributed by atoms with Crippen LogP contribution in [0, 0.1) is 0 Å². The van der Waals surface area contributed by atoms with Gasteiger partial charge in [-0.2, -0.15) is 0 Å². The molecule has 7 heteroatoms. The van der Waals surface area contributed by atoms with Crippen molar-refractivity contribution >= 4 is 23.1 Å². The van der Waals surface area contributed by atoms with Gasteiger partial charge in [0.15, 0.2) is 5.16 Å². The van der Waals surface area contributed by atoms with E-state index in [-0.39, 0.29) is 0 Å². The maximum atomic E-state index is 5.21. The quantitative estimate of drug-likeness (QED) is 0.414. The summed E-state index contributed by atoms with van der Waals surface area (Å²) in [6, 6.07) is 8.00. The molecule has 1 aliphatic carbocycles. The molecule has 26 heavy (non-hydrogen) atoms. The molecule has 1 aliphatic rings. The van der Waals surface area contributed by atoms with Crippen LogP contribution in [0.4, 0.5) is 0 Å². The van der Waals surface area contributed by atoms with Gasteiger partial charge in [-0.05, 0) is 37.1 Å². The Morgan fingerprint density at radius 1 is 1.31 bits per heavy atom. The van der Waals surface area contributed by atoms with E-state index < -0.39 is 0 Å². The summed E-state index contributed by atoms with van der Waals surface area (Å²) in [5, 5.41) is 12.9. The normalized spacial score (nSPS) is 13.7. The Morgan fingerprint density at radius 3 is 2.81 bits per heavy atom. The second kappa shape index (κ2) is 7.63. The van der Waals surface area contributed by atoms with Crippen molar-refractivity contribution in [1.82, 2.24) is 19.7 Å². The summed E-state index contributed by atoms with van der Waals surface area (Å²) in [6.07, 6.45) is 4.35. The molecule has 2 aromatic heterocycles. The van der Waals surface area contributed by atoms with Crippen molar-refractivity contribution in [3.05, 3.63) is 53.8 Å². The number of nitrogens with zero attached hydrogens (tertiary/aromatic N) is 4. The third-order valence-corrected chi connectivity index (χ3v) is 6.18. The van der Waals surface area contributed by atoms with Gasteiger partial charge in [0.1, 0.15) is 16.6 Å². The number of allylic oxidation sites excluding steroid dienone is 1. The minimum Gasteiger partial charge on any atom is -0.497 e. The second-order valence-electron chi connectivity index (χ2n) is 6.18. The maximum Gasteiger partial charge on any atom is 0.191 e. The molecule has 0 amide bonds. The number of hydrogen-bond acceptors (Lipinski definition) is 6. The van der Waals surface area contributed by atoms with Crippen LogP contribution in [0.15, 0.2) is 47.5 Å². The van der Waals surface area contributed by atoms with Crippen LogP contribution in [0.25, 0.3) is 10.6 Å². The average Bonchev–Trinajstić information content (AvgIpc) is 3.27. The zero-order valence-corrected chi connectivity index (χ0v) is 16.2. The van der Waals surface area contributed by atoms with Crippen molar-refractivity contribution in [3.8, 4) is 16.3 Å². The fourth-order valence-corrected chi connectivity index (χ4v) is 4.51. The molecular weight excluding hydrogens is 364 g/mol. The van der Waals surface area contributed by atoms with Gasteiger partial charge in [0.25, 0.3) is 0 Å². The van der Waals surface area contributed by atoms with Crippen LogP contribution in [0.2, 0.25) is 0 Å². The summed E-state index contributed by atoms with van der Waals surface area (Å²) in [7, 11) is 1.67. The monoisotopic (exact) mass is 384 g/mol. The van der Waals surface area contributed by atoms with Crippen molar-refractivity contribution in [2.75, 3.05) is 7.11 Å². The van der Waals surface area contributed by atoms with Gasteiger partial charge in [0.2, 0.25) is 0 Å². The smallest absolute Gasteiger partial charge is 0.191 e. The predicted octanol–water partition coefficient (Wildman–Crippen LogP) is 4.77. The van der Waals surface area contributed by atoms with E-state index in [1.807, 2.05) is 30.3 Å². The average molecular weight is 385 g/mol. The van der Waals surface area contributed by atoms with E-state index in [0.717, 1.165) is 45.3 Å². The lowest BCUT2D eigenvalue weighted by molar-refractivity contribution is 0.415. The number of thioether (sulfide) groups is 1. The summed E-state index contributed by atoms with van der Waals surface area (Å²) < 4.78 is 7.40. The largest absolute Gasteiger partial charge is 0.497 e. The molecule has 0 atom stereocenters. The van der Waals surface area contributed by atoms with Gasteiger partial charge in [0.05, 0.1) is 12.8 Å². The predicted molar refractivity (Wildman–Crippen MR) is 106 cm³/mol. The van der Waals surface area contributed by atoms with Gasteiger partial charge >= 0.3 is 0 Å². The number of rotatable bonds is 8. The van der Waals surface area contributed by atoms with E-state index in [1.165, 1.54) is 12.8 Å². The standard InChI is InChI=1S/C19H20N4OS2/c1-3-10-23-17(13-4-5-13)21-22-19(23)26-12-15-11-25-18(20-15)14-6-8-16(24-2)9-7-14/h3,6-9,11,13H,1,4-5,10,12H2,2H3. The van der Waals surface area contributed by atoms with Crippen LogP contribution in [0.3, 0.4) is 0 Å². The molecule has 0 spiro atoms. The highest BCUT2D eigenvalue weighted by atomic mass is 32.2. The lowest BCUT2D eigenvalue weighted by atomic mass is 10.2. The van der Waals surface area contributed by atoms with E-state index in [2.05, 4.69) is 26.7 Å². The van der Waals surface area contributed by atoms with Crippen molar-refractivity contribution in [1.29, 1.82) is 0 Å². The molecule has 134 valence electrons. The van der Waals surface area contributed by atoms with Crippen molar-refractivity contribution < 1.29 is 4.74 Å². The van der Waals surface area contributed by atoms with Crippen molar-refractivity contribution in [2.45, 2.75) is 36.2 Å². The third-order valence-electron chi connectivity index (χ3n) is 4.24. The molecule has 5 nitrogen and oxygen atoms in total. The SMILES string of the molecule is C=CCn1c(SCc2csc(-c3ccc(OC)cc3)n2)nnc1C1CC1. The number of benzene rings is 1. The Balaban J connectivity index is 1.45. The fourth-order valence-electron chi connectivity index (χ4n) is 2.73. The van der Waals surface area contributed by atoms with Crippen LogP contribution in [0.1, 0.15) is 30.3 Å².